The van der Waals surface area contributed by atoms with Gasteiger partial charge >= 0.3 is 6.18 Å². The van der Waals surface area contributed by atoms with Gasteiger partial charge in [0.15, 0.2) is 0 Å². The zero-order chi connectivity index (χ0) is 38.1. The molecule has 0 aromatic heterocycles. The van der Waals surface area contributed by atoms with Crippen molar-refractivity contribution in [2.24, 2.45) is 0 Å². The van der Waals surface area contributed by atoms with Crippen LogP contribution < -0.4 is 0 Å². The first-order valence-corrected chi connectivity index (χ1v) is 16.8. The third-order valence-corrected chi connectivity index (χ3v) is 10.2. The standard InChI is InChI=1S/C46H24F4N4/c1-24-11-25(2)13-29(12-24)27-3-5-36-40(17-27)42(31(20-51)21-52)38-9-7-35-34(44(36)38)8-10-39-43(32(22-53)23-54)41-18-28(4-6-37(41)45(35)39)30-14-26(19-47)15-33(16-30)46(48,49)50/h3-18H,19H2,1-2H3. The van der Waals surface area contributed by atoms with Crippen molar-refractivity contribution in [3.05, 3.63) is 153 Å². The summed E-state index contributed by atoms with van der Waals surface area (Å²) in [6, 6.07) is 36.2. The van der Waals surface area contributed by atoms with Gasteiger partial charge in [0, 0.05) is 11.1 Å². The minimum absolute atomic E-state index is 0.0191. The van der Waals surface area contributed by atoms with Crippen LogP contribution in [0.4, 0.5) is 17.6 Å². The van der Waals surface area contributed by atoms with Crippen molar-refractivity contribution in [1.82, 2.24) is 0 Å². The first kappa shape index (κ1) is 33.9. The smallest absolute Gasteiger partial charge is 0.246 e. The van der Waals surface area contributed by atoms with E-state index in [0.29, 0.717) is 33.4 Å². The molecular weight excluding hydrogens is 685 g/mol. The Morgan fingerprint density at radius 2 is 0.944 bits per heavy atom. The summed E-state index contributed by atoms with van der Waals surface area (Å²) in [7, 11) is 0. The fourth-order valence-electron chi connectivity index (χ4n) is 8.04. The molecule has 0 saturated heterocycles. The SMILES string of the molecule is Cc1cc(C)cc(-c2ccc3c(c2)C(=C(C#N)C#N)c2ccc4c5c(ccc4c2-3)C(=C(C#N)C#N)c2cc(-c3cc(CF)cc(C(F)(F)F)c3)ccc2-5)c1. The molecule has 8 heteroatoms. The monoisotopic (exact) mass is 708 g/mol. The van der Waals surface area contributed by atoms with Gasteiger partial charge < -0.3 is 0 Å². The molecule has 0 fully saturated rings. The van der Waals surface area contributed by atoms with E-state index < -0.39 is 18.4 Å². The largest absolute Gasteiger partial charge is 0.416 e. The van der Waals surface area contributed by atoms with Crippen LogP contribution in [0.5, 0.6) is 0 Å². The summed E-state index contributed by atoms with van der Waals surface area (Å²) in [6.45, 7) is 2.98. The molecule has 4 nitrogen and oxygen atoms in total. The average molecular weight is 709 g/mol. The van der Waals surface area contributed by atoms with E-state index >= 15 is 0 Å². The molecule has 2 aliphatic carbocycles. The normalized spacial score (nSPS) is 12.2. The molecule has 2 aliphatic rings. The number of allylic oxidation sites excluding steroid dienone is 2. The lowest BCUT2D eigenvalue weighted by Gasteiger charge is -2.13. The molecule has 0 spiro atoms. The molecule has 8 rings (SSSR count). The molecule has 0 unspecified atom stereocenters. The molecule has 0 N–H and O–H groups in total. The molecule has 256 valence electrons. The fourth-order valence-corrected chi connectivity index (χ4v) is 8.04. The first-order chi connectivity index (χ1) is 26.0. The number of halogens is 4. The minimum Gasteiger partial charge on any atom is -0.246 e. The van der Waals surface area contributed by atoms with Crippen molar-refractivity contribution in [1.29, 1.82) is 21.0 Å². The van der Waals surface area contributed by atoms with Crippen LogP contribution in [0.15, 0.2) is 108 Å². The lowest BCUT2D eigenvalue weighted by atomic mass is 9.90. The van der Waals surface area contributed by atoms with Crippen LogP contribution in [0.3, 0.4) is 0 Å². The summed E-state index contributed by atoms with van der Waals surface area (Å²) in [6.07, 6.45) is -4.69. The summed E-state index contributed by atoms with van der Waals surface area (Å²) in [5.74, 6) is 0. The number of nitrogens with zero attached hydrogens (tertiary/aromatic N) is 4. The van der Waals surface area contributed by atoms with Gasteiger partial charge in [0.05, 0.1) is 5.56 Å². The van der Waals surface area contributed by atoms with Crippen LogP contribution in [0.1, 0.15) is 44.5 Å². The van der Waals surface area contributed by atoms with Crippen molar-refractivity contribution in [3.63, 3.8) is 0 Å². The molecule has 0 amide bonds. The number of fused-ring (bicyclic) bond motifs is 9. The molecule has 0 radical (unpaired) electrons. The highest BCUT2D eigenvalue weighted by molar-refractivity contribution is 6.20. The zero-order valence-corrected chi connectivity index (χ0v) is 28.7. The summed E-state index contributed by atoms with van der Waals surface area (Å²) in [4.78, 5) is 0. The Labute approximate surface area is 308 Å². The predicted molar refractivity (Wildman–Crippen MR) is 199 cm³/mol. The van der Waals surface area contributed by atoms with Crippen LogP contribution >= 0.6 is 0 Å². The highest BCUT2D eigenvalue weighted by atomic mass is 19.4. The highest BCUT2D eigenvalue weighted by Gasteiger charge is 2.34. The maximum Gasteiger partial charge on any atom is 0.416 e. The highest BCUT2D eigenvalue weighted by Crippen LogP contribution is 2.55. The second-order valence-corrected chi connectivity index (χ2v) is 13.5. The second-order valence-electron chi connectivity index (χ2n) is 13.5. The van der Waals surface area contributed by atoms with Crippen molar-refractivity contribution in [3.8, 4) is 68.8 Å². The van der Waals surface area contributed by atoms with Gasteiger partial charge in [0.1, 0.15) is 42.1 Å². The summed E-state index contributed by atoms with van der Waals surface area (Å²) in [5, 5.41) is 41.9. The molecule has 0 bridgehead atoms. The number of aryl methyl sites for hydroxylation is 2. The van der Waals surface area contributed by atoms with Gasteiger partial charge in [0.2, 0.25) is 0 Å². The molecule has 0 saturated carbocycles. The molecule has 54 heavy (non-hydrogen) atoms. The van der Waals surface area contributed by atoms with Crippen LogP contribution in [0.25, 0.3) is 66.4 Å². The lowest BCUT2D eigenvalue weighted by Crippen LogP contribution is -2.06. The quantitative estimate of drug-likeness (QED) is 0.135. The summed E-state index contributed by atoms with van der Waals surface area (Å²) in [5.41, 5.74) is 9.91. The number of alkyl halides is 4. The van der Waals surface area contributed by atoms with E-state index in [-0.39, 0.29) is 22.3 Å². The average Bonchev–Trinajstić information content (AvgIpc) is 3.67. The third kappa shape index (κ3) is 5.16. The maximum atomic E-state index is 13.8. The number of hydrogen-bond donors (Lipinski definition) is 0. The van der Waals surface area contributed by atoms with Crippen molar-refractivity contribution < 1.29 is 17.6 Å². The van der Waals surface area contributed by atoms with Crippen molar-refractivity contribution in [2.45, 2.75) is 26.7 Å². The first-order valence-electron chi connectivity index (χ1n) is 16.8. The number of nitriles is 4. The zero-order valence-electron chi connectivity index (χ0n) is 28.7. The maximum absolute atomic E-state index is 13.8. The summed E-state index contributed by atoms with van der Waals surface area (Å²) < 4.78 is 55.1. The predicted octanol–water partition coefficient (Wildman–Crippen LogP) is 11.9. The van der Waals surface area contributed by atoms with E-state index in [1.165, 1.54) is 6.07 Å². The Hall–Kier alpha value is -7.26. The Kier molecular flexibility index (Phi) is 7.81. The van der Waals surface area contributed by atoms with Crippen LogP contribution in [-0.4, -0.2) is 0 Å². The van der Waals surface area contributed by atoms with Crippen molar-refractivity contribution in [2.75, 3.05) is 0 Å². The van der Waals surface area contributed by atoms with Gasteiger partial charge in [-0.25, -0.2) is 4.39 Å². The molecule has 6 aromatic rings. The van der Waals surface area contributed by atoms with E-state index in [1.807, 2.05) is 68.5 Å². The fraction of sp³-hybridized carbons (Fsp3) is 0.0870. The van der Waals surface area contributed by atoms with E-state index in [9.17, 15) is 38.6 Å². The van der Waals surface area contributed by atoms with Gasteiger partial charge in [-0.3, -0.25) is 0 Å². The van der Waals surface area contributed by atoms with Gasteiger partial charge in [-0.2, -0.15) is 34.2 Å². The molecule has 0 heterocycles. The molecule has 6 aromatic carbocycles. The lowest BCUT2D eigenvalue weighted by molar-refractivity contribution is -0.137. The van der Waals surface area contributed by atoms with E-state index in [0.717, 1.165) is 73.0 Å². The molecular formula is C46H24F4N4. The Bertz CT molecular complexity index is 2870. The minimum atomic E-state index is -4.69. The third-order valence-electron chi connectivity index (χ3n) is 10.2. The summed E-state index contributed by atoms with van der Waals surface area (Å²) >= 11 is 0. The van der Waals surface area contributed by atoms with Crippen molar-refractivity contribution >= 4 is 21.9 Å². The second kappa shape index (κ2) is 12.5. The van der Waals surface area contributed by atoms with Gasteiger partial charge in [-0.1, -0.05) is 77.9 Å². The molecule has 0 atom stereocenters. The number of benzene rings is 6. The van der Waals surface area contributed by atoms with E-state index in [2.05, 4.69) is 30.3 Å². The molecule has 0 aliphatic heterocycles. The Morgan fingerprint density at radius 1 is 0.500 bits per heavy atom. The Morgan fingerprint density at radius 3 is 1.37 bits per heavy atom. The van der Waals surface area contributed by atoms with E-state index in [4.69, 9.17) is 0 Å². The topological polar surface area (TPSA) is 95.2 Å². The van der Waals surface area contributed by atoms with Gasteiger partial charge in [-0.05, 0) is 127 Å². The number of hydrogen-bond acceptors (Lipinski definition) is 4. The number of rotatable bonds is 3. The van der Waals surface area contributed by atoms with Crippen LogP contribution in [0, 0.1) is 59.2 Å². The Balaban J connectivity index is 1.38. The van der Waals surface area contributed by atoms with Gasteiger partial charge in [-0.15, -0.1) is 0 Å². The van der Waals surface area contributed by atoms with E-state index in [1.54, 1.807) is 18.2 Å². The van der Waals surface area contributed by atoms with Crippen LogP contribution in [-0.2, 0) is 12.9 Å². The van der Waals surface area contributed by atoms with Crippen LogP contribution in [0.2, 0.25) is 0 Å². The van der Waals surface area contributed by atoms with Gasteiger partial charge in [0.25, 0.3) is 0 Å².